The van der Waals surface area contributed by atoms with Gasteiger partial charge in [0, 0.05) is 6.04 Å². The summed E-state index contributed by atoms with van der Waals surface area (Å²) in [7, 11) is 1.91. The Kier molecular flexibility index (Phi) is 4.40. The molecule has 0 fully saturated rings. The van der Waals surface area contributed by atoms with E-state index >= 15 is 0 Å². The number of hydrogen-bond donors (Lipinski definition) is 1. The Hall–Kier alpha value is -1.58. The summed E-state index contributed by atoms with van der Waals surface area (Å²) in [5.41, 5.74) is 2.08. The average Bonchev–Trinajstić information content (AvgIpc) is 2.43. The van der Waals surface area contributed by atoms with Crippen molar-refractivity contribution in [2.75, 3.05) is 7.05 Å². The van der Waals surface area contributed by atoms with Gasteiger partial charge >= 0.3 is 0 Å². The van der Waals surface area contributed by atoms with Gasteiger partial charge < -0.3 is 10.1 Å². The van der Waals surface area contributed by atoms with Crippen LogP contribution in [-0.4, -0.2) is 12.0 Å². The van der Waals surface area contributed by atoms with Crippen LogP contribution >= 0.6 is 11.6 Å². The lowest BCUT2D eigenvalue weighted by atomic mass is 10.2. The van der Waals surface area contributed by atoms with Crippen molar-refractivity contribution < 1.29 is 4.74 Å². The Labute approximate surface area is 118 Å². The second-order valence-corrected chi connectivity index (χ2v) is 4.87. The summed E-state index contributed by atoms with van der Waals surface area (Å²) in [4.78, 5) is 4.37. The molecule has 0 saturated carbocycles. The molecule has 0 amide bonds. The van der Waals surface area contributed by atoms with Crippen LogP contribution in [0.25, 0.3) is 0 Å². The predicted octanol–water partition coefficient (Wildman–Crippen LogP) is 4.12. The average molecular weight is 277 g/mol. The Balaban J connectivity index is 2.17. The molecule has 1 aromatic carbocycles. The molecule has 0 saturated heterocycles. The molecule has 0 spiro atoms. The predicted molar refractivity (Wildman–Crippen MR) is 78.0 cm³/mol. The smallest absolute Gasteiger partial charge is 0.146 e. The zero-order valence-electron chi connectivity index (χ0n) is 11.3. The molecule has 1 N–H and O–H groups in total. The lowest BCUT2D eigenvalue weighted by Crippen LogP contribution is -2.13. The third-order valence-electron chi connectivity index (χ3n) is 2.95. The van der Waals surface area contributed by atoms with Gasteiger partial charge in [-0.15, -0.1) is 0 Å². The molecule has 19 heavy (non-hydrogen) atoms. The molecule has 3 nitrogen and oxygen atoms in total. The number of rotatable bonds is 4. The van der Waals surface area contributed by atoms with Gasteiger partial charge in [-0.05, 0) is 50.7 Å². The molecule has 0 aliphatic carbocycles. The molecule has 1 unspecified atom stereocenters. The number of aryl methyl sites for hydroxylation is 1. The minimum absolute atomic E-state index is 0.219. The standard InChI is InChI=1S/C15H17ClN2O/c1-10-4-6-13(16)15(8-10)19-12-5-7-14(18-9-12)11(2)17-3/h4-9,11,17H,1-3H3. The molecule has 1 atom stereocenters. The summed E-state index contributed by atoms with van der Waals surface area (Å²) in [6.07, 6.45) is 1.71. The van der Waals surface area contributed by atoms with E-state index in [1.807, 2.05) is 44.3 Å². The van der Waals surface area contributed by atoms with E-state index in [2.05, 4.69) is 17.2 Å². The maximum absolute atomic E-state index is 6.09. The Bertz CT molecular complexity index is 555. The quantitative estimate of drug-likeness (QED) is 0.912. The molecule has 100 valence electrons. The molecular formula is C15H17ClN2O. The molecule has 0 aliphatic heterocycles. The highest BCUT2D eigenvalue weighted by atomic mass is 35.5. The van der Waals surface area contributed by atoms with Gasteiger partial charge in [-0.3, -0.25) is 4.98 Å². The van der Waals surface area contributed by atoms with E-state index in [-0.39, 0.29) is 6.04 Å². The van der Waals surface area contributed by atoms with Crippen molar-refractivity contribution in [1.82, 2.24) is 10.3 Å². The van der Waals surface area contributed by atoms with Crippen LogP contribution < -0.4 is 10.1 Å². The molecular weight excluding hydrogens is 260 g/mol. The second kappa shape index (κ2) is 6.04. The Morgan fingerprint density at radius 2 is 2.05 bits per heavy atom. The summed E-state index contributed by atoms with van der Waals surface area (Å²) < 4.78 is 5.74. The van der Waals surface area contributed by atoms with Crippen LogP contribution in [0.3, 0.4) is 0 Å². The molecule has 2 rings (SSSR count). The zero-order chi connectivity index (χ0) is 13.8. The van der Waals surface area contributed by atoms with E-state index in [0.29, 0.717) is 16.5 Å². The van der Waals surface area contributed by atoms with Crippen LogP contribution in [0.5, 0.6) is 11.5 Å². The zero-order valence-corrected chi connectivity index (χ0v) is 12.0. The number of hydrogen-bond acceptors (Lipinski definition) is 3. The topological polar surface area (TPSA) is 34.1 Å². The van der Waals surface area contributed by atoms with E-state index in [0.717, 1.165) is 11.3 Å². The summed E-state index contributed by atoms with van der Waals surface area (Å²) in [6.45, 7) is 4.05. The first kappa shape index (κ1) is 13.8. The first-order valence-corrected chi connectivity index (χ1v) is 6.55. The fourth-order valence-corrected chi connectivity index (χ4v) is 1.83. The SMILES string of the molecule is CNC(C)c1ccc(Oc2cc(C)ccc2Cl)cn1. The van der Waals surface area contributed by atoms with E-state index in [9.17, 15) is 0 Å². The van der Waals surface area contributed by atoms with Crippen molar-refractivity contribution in [3.8, 4) is 11.5 Å². The lowest BCUT2D eigenvalue weighted by molar-refractivity contribution is 0.478. The van der Waals surface area contributed by atoms with Gasteiger partial charge in [0.05, 0.1) is 16.9 Å². The maximum atomic E-state index is 6.09. The largest absolute Gasteiger partial charge is 0.454 e. The molecule has 1 aromatic heterocycles. The van der Waals surface area contributed by atoms with Crippen LogP contribution in [0.2, 0.25) is 5.02 Å². The van der Waals surface area contributed by atoms with Crippen LogP contribution in [-0.2, 0) is 0 Å². The first-order chi connectivity index (χ1) is 9.10. The minimum Gasteiger partial charge on any atom is -0.454 e. The normalized spacial score (nSPS) is 12.2. The number of benzene rings is 1. The van der Waals surface area contributed by atoms with Gasteiger partial charge in [0.1, 0.15) is 11.5 Å². The van der Waals surface area contributed by atoms with E-state index < -0.39 is 0 Å². The van der Waals surface area contributed by atoms with E-state index in [4.69, 9.17) is 16.3 Å². The highest BCUT2D eigenvalue weighted by Crippen LogP contribution is 2.30. The van der Waals surface area contributed by atoms with Gasteiger partial charge in [0.15, 0.2) is 0 Å². The Morgan fingerprint density at radius 3 is 2.68 bits per heavy atom. The molecule has 2 aromatic rings. The monoisotopic (exact) mass is 276 g/mol. The number of ether oxygens (including phenoxy) is 1. The summed E-state index contributed by atoms with van der Waals surface area (Å²) in [5.74, 6) is 1.33. The fraction of sp³-hybridized carbons (Fsp3) is 0.267. The van der Waals surface area contributed by atoms with Gasteiger partial charge in [0.25, 0.3) is 0 Å². The van der Waals surface area contributed by atoms with Crippen LogP contribution in [0.15, 0.2) is 36.5 Å². The van der Waals surface area contributed by atoms with Gasteiger partial charge in [-0.2, -0.15) is 0 Å². The van der Waals surface area contributed by atoms with Crippen LogP contribution in [0, 0.1) is 6.92 Å². The van der Waals surface area contributed by atoms with Gasteiger partial charge in [-0.25, -0.2) is 0 Å². The fourth-order valence-electron chi connectivity index (χ4n) is 1.67. The molecule has 0 bridgehead atoms. The van der Waals surface area contributed by atoms with Gasteiger partial charge in [0.2, 0.25) is 0 Å². The van der Waals surface area contributed by atoms with Crippen LogP contribution in [0.1, 0.15) is 24.2 Å². The minimum atomic E-state index is 0.219. The van der Waals surface area contributed by atoms with Crippen molar-refractivity contribution in [3.05, 3.63) is 52.8 Å². The number of nitrogens with one attached hydrogen (secondary N) is 1. The van der Waals surface area contributed by atoms with Crippen molar-refractivity contribution in [1.29, 1.82) is 0 Å². The third-order valence-corrected chi connectivity index (χ3v) is 3.26. The number of pyridine rings is 1. The van der Waals surface area contributed by atoms with Crippen LogP contribution in [0.4, 0.5) is 0 Å². The van der Waals surface area contributed by atoms with Crippen molar-refractivity contribution >= 4 is 11.6 Å². The molecule has 0 radical (unpaired) electrons. The van der Waals surface area contributed by atoms with Crippen molar-refractivity contribution in [2.45, 2.75) is 19.9 Å². The summed E-state index contributed by atoms with van der Waals surface area (Å²) in [5, 5.41) is 3.74. The molecule has 4 heteroatoms. The van der Waals surface area contributed by atoms with Gasteiger partial charge in [-0.1, -0.05) is 17.7 Å². The lowest BCUT2D eigenvalue weighted by Gasteiger charge is -2.11. The van der Waals surface area contributed by atoms with E-state index in [1.165, 1.54) is 0 Å². The number of halogens is 1. The highest BCUT2D eigenvalue weighted by molar-refractivity contribution is 6.32. The van der Waals surface area contributed by atoms with E-state index in [1.54, 1.807) is 6.20 Å². The number of aromatic nitrogens is 1. The second-order valence-electron chi connectivity index (χ2n) is 4.47. The van der Waals surface area contributed by atoms with Crippen molar-refractivity contribution in [3.63, 3.8) is 0 Å². The third kappa shape index (κ3) is 3.46. The molecule has 1 heterocycles. The summed E-state index contributed by atoms with van der Waals surface area (Å²) >= 11 is 6.09. The number of nitrogens with zero attached hydrogens (tertiary/aromatic N) is 1. The first-order valence-electron chi connectivity index (χ1n) is 6.17. The maximum Gasteiger partial charge on any atom is 0.146 e. The molecule has 0 aliphatic rings. The van der Waals surface area contributed by atoms with Crippen molar-refractivity contribution in [2.24, 2.45) is 0 Å². The Morgan fingerprint density at radius 1 is 1.26 bits per heavy atom. The summed E-state index contributed by atoms with van der Waals surface area (Å²) in [6, 6.07) is 9.75. The highest BCUT2D eigenvalue weighted by Gasteiger charge is 2.06.